The molecule has 3 rings (SSSR count). The fraction of sp³-hybridized carbons (Fsp3) is 0.462. The Morgan fingerprint density at radius 3 is 3.22 bits per heavy atom. The van der Waals surface area contributed by atoms with Crippen LogP contribution in [0.1, 0.15) is 12.8 Å². The summed E-state index contributed by atoms with van der Waals surface area (Å²) in [5.41, 5.74) is 1.02. The van der Waals surface area contributed by atoms with Crippen LogP contribution in [0.2, 0.25) is 5.02 Å². The molecule has 1 aliphatic rings. The van der Waals surface area contributed by atoms with Gasteiger partial charge in [0.05, 0.1) is 10.2 Å². The maximum absolute atomic E-state index is 5.98. The van der Waals surface area contributed by atoms with E-state index in [1.54, 1.807) is 11.3 Å². The molecule has 1 aromatic heterocycles. The van der Waals surface area contributed by atoms with Gasteiger partial charge in [0, 0.05) is 17.6 Å². The molecule has 18 heavy (non-hydrogen) atoms. The van der Waals surface area contributed by atoms with Crippen LogP contribution >= 0.6 is 22.9 Å². The highest BCUT2D eigenvalue weighted by Gasteiger charge is 2.20. The summed E-state index contributed by atoms with van der Waals surface area (Å²) >= 11 is 7.65. The highest BCUT2D eigenvalue weighted by atomic mass is 35.5. The van der Waals surface area contributed by atoms with E-state index in [4.69, 9.17) is 11.6 Å². The summed E-state index contributed by atoms with van der Waals surface area (Å²) in [5.74, 6) is 0. The molecule has 0 amide bonds. The highest BCUT2D eigenvalue weighted by Crippen LogP contribution is 2.28. The summed E-state index contributed by atoms with van der Waals surface area (Å²) in [6.45, 7) is 2.19. The molecule has 3 nitrogen and oxygen atoms in total. The van der Waals surface area contributed by atoms with Crippen molar-refractivity contribution < 1.29 is 0 Å². The Morgan fingerprint density at radius 2 is 2.44 bits per heavy atom. The second-order valence-electron chi connectivity index (χ2n) is 4.79. The van der Waals surface area contributed by atoms with Gasteiger partial charge in [-0.1, -0.05) is 22.9 Å². The molecule has 1 aliphatic heterocycles. The smallest absolute Gasteiger partial charge is 0.183 e. The number of hydrogen-bond acceptors (Lipinski definition) is 4. The first-order valence-electron chi connectivity index (χ1n) is 6.22. The summed E-state index contributed by atoms with van der Waals surface area (Å²) in [6, 6.07) is 6.47. The van der Waals surface area contributed by atoms with E-state index in [-0.39, 0.29) is 0 Å². The number of fused-ring (bicyclic) bond motifs is 1. The van der Waals surface area contributed by atoms with Crippen LogP contribution < -0.4 is 5.32 Å². The van der Waals surface area contributed by atoms with Crippen molar-refractivity contribution in [3.05, 3.63) is 23.2 Å². The molecule has 1 aromatic carbocycles. The Hall–Kier alpha value is -0.840. The fourth-order valence-electron chi connectivity index (χ4n) is 2.42. The first-order valence-corrected chi connectivity index (χ1v) is 7.42. The summed E-state index contributed by atoms with van der Waals surface area (Å²) in [7, 11) is 2.19. The predicted octanol–water partition coefficient (Wildman–Crippen LogP) is 3.46. The Labute approximate surface area is 116 Å². The van der Waals surface area contributed by atoms with Gasteiger partial charge in [0.15, 0.2) is 5.13 Å². The molecular weight excluding hydrogens is 266 g/mol. The largest absolute Gasteiger partial charge is 0.360 e. The van der Waals surface area contributed by atoms with E-state index >= 15 is 0 Å². The summed E-state index contributed by atoms with van der Waals surface area (Å²) in [6.07, 6.45) is 2.58. The molecule has 1 saturated heterocycles. The van der Waals surface area contributed by atoms with Crippen molar-refractivity contribution >= 4 is 38.3 Å². The average Bonchev–Trinajstić information content (AvgIpc) is 2.92. The lowest BCUT2D eigenvalue weighted by Gasteiger charge is -2.19. The third kappa shape index (κ3) is 2.46. The Bertz CT molecular complexity index is 554. The molecule has 5 heteroatoms. The van der Waals surface area contributed by atoms with Crippen LogP contribution in [0.4, 0.5) is 5.13 Å². The van der Waals surface area contributed by atoms with Crippen molar-refractivity contribution in [2.45, 2.75) is 18.9 Å². The minimum absolute atomic E-state index is 0.639. The number of rotatable bonds is 3. The first kappa shape index (κ1) is 12.2. The molecule has 96 valence electrons. The standard InChI is InChI=1S/C13H16ClN3S/c1-17-6-2-3-10(17)8-15-13-16-11-5-4-9(14)7-12(11)18-13/h4-5,7,10H,2-3,6,8H2,1H3,(H,15,16). The SMILES string of the molecule is CN1CCCC1CNc1nc2ccc(Cl)cc2s1. The van der Waals surface area contributed by atoms with Crippen LogP contribution in [0.25, 0.3) is 10.2 Å². The second kappa shape index (κ2) is 5.03. The van der Waals surface area contributed by atoms with E-state index in [2.05, 4.69) is 22.2 Å². The van der Waals surface area contributed by atoms with Gasteiger partial charge in [0.2, 0.25) is 0 Å². The molecule has 2 aromatic rings. The normalized spacial score (nSPS) is 20.7. The van der Waals surface area contributed by atoms with Gasteiger partial charge in [0.25, 0.3) is 0 Å². The molecular formula is C13H16ClN3S. The highest BCUT2D eigenvalue weighted by molar-refractivity contribution is 7.22. The molecule has 0 saturated carbocycles. The minimum Gasteiger partial charge on any atom is -0.360 e. The number of likely N-dealkylation sites (N-methyl/N-ethyl adjacent to an activating group) is 1. The number of hydrogen-bond donors (Lipinski definition) is 1. The van der Waals surface area contributed by atoms with E-state index < -0.39 is 0 Å². The first-order chi connectivity index (χ1) is 8.72. The zero-order valence-electron chi connectivity index (χ0n) is 10.3. The van der Waals surface area contributed by atoms with Crippen LogP contribution in [0.3, 0.4) is 0 Å². The number of anilines is 1. The molecule has 1 fully saturated rings. The Kier molecular flexibility index (Phi) is 3.41. The molecule has 0 radical (unpaired) electrons. The average molecular weight is 282 g/mol. The van der Waals surface area contributed by atoms with Crippen LogP contribution in [-0.2, 0) is 0 Å². The van der Waals surface area contributed by atoms with E-state index in [0.717, 1.165) is 26.9 Å². The number of nitrogens with one attached hydrogen (secondary N) is 1. The molecule has 0 spiro atoms. The van der Waals surface area contributed by atoms with Gasteiger partial charge in [-0.15, -0.1) is 0 Å². The number of halogens is 1. The molecule has 1 atom stereocenters. The van der Waals surface area contributed by atoms with Gasteiger partial charge in [-0.05, 0) is 44.6 Å². The number of benzene rings is 1. The van der Waals surface area contributed by atoms with E-state index in [1.165, 1.54) is 19.4 Å². The summed E-state index contributed by atoms with van der Waals surface area (Å²) < 4.78 is 1.14. The maximum atomic E-state index is 5.98. The number of likely N-dealkylation sites (tertiary alicyclic amines) is 1. The predicted molar refractivity (Wildman–Crippen MR) is 78.8 cm³/mol. The lowest BCUT2D eigenvalue weighted by molar-refractivity contribution is 0.322. The molecule has 2 heterocycles. The Morgan fingerprint density at radius 1 is 1.56 bits per heavy atom. The monoisotopic (exact) mass is 281 g/mol. The topological polar surface area (TPSA) is 28.2 Å². The van der Waals surface area contributed by atoms with Crippen LogP contribution in [0.15, 0.2) is 18.2 Å². The minimum atomic E-state index is 0.639. The van der Waals surface area contributed by atoms with Gasteiger partial charge in [-0.25, -0.2) is 4.98 Å². The quantitative estimate of drug-likeness (QED) is 0.934. The Balaban J connectivity index is 1.71. The van der Waals surface area contributed by atoms with Gasteiger partial charge in [-0.2, -0.15) is 0 Å². The lowest BCUT2D eigenvalue weighted by Crippen LogP contribution is -2.31. The molecule has 1 unspecified atom stereocenters. The van der Waals surface area contributed by atoms with Crippen LogP contribution in [-0.4, -0.2) is 36.1 Å². The van der Waals surface area contributed by atoms with Crippen molar-refractivity contribution in [1.82, 2.24) is 9.88 Å². The molecule has 0 aliphatic carbocycles. The zero-order valence-corrected chi connectivity index (χ0v) is 11.9. The summed E-state index contributed by atoms with van der Waals surface area (Å²) in [4.78, 5) is 6.98. The van der Waals surface area contributed by atoms with E-state index in [0.29, 0.717) is 6.04 Å². The van der Waals surface area contributed by atoms with Crippen LogP contribution in [0, 0.1) is 0 Å². The van der Waals surface area contributed by atoms with Gasteiger partial charge < -0.3 is 10.2 Å². The van der Waals surface area contributed by atoms with Gasteiger partial charge >= 0.3 is 0 Å². The third-order valence-electron chi connectivity index (χ3n) is 3.51. The van der Waals surface area contributed by atoms with Crippen molar-refractivity contribution in [2.75, 3.05) is 25.5 Å². The maximum Gasteiger partial charge on any atom is 0.183 e. The van der Waals surface area contributed by atoms with Gasteiger partial charge in [-0.3, -0.25) is 0 Å². The fourth-order valence-corrected chi connectivity index (χ4v) is 3.57. The van der Waals surface area contributed by atoms with Gasteiger partial charge in [0.1, 0.15) is 0 Å². The number of thiazole rings is 1. The number of nitrogens with zero attached hydrogens (tertiary/aromatic N) is 2. The van der Waals surface area contributed by atoms with E-state index in [9.17, 15) is 0 Å². The van der Waals surface area contributed by atoms with Crippen molar-refractivity contribution in [3.8, 4) is 0 Å². The number of aromatic nitrogens is 1. The molecule has 0 bridgehead atoms. The zero-order chi connectivity index (χ0) is 12.5. The van der Waals surface area contributed by atoms with Crippen molar-refractivity contribution in [1.29, 1.82) is 0 Å². The summed E-state index contributed by atoms with van der Waals surface area (Å²) in [5, 5.41) is 5.21. The second-order valence-corrected chi connectivity index (χ2v) is 6.26. The van der Waals surface area contributed by atoms with Crippen molar-refractivity contribution in [3.63, 3.8) is 0 Å². The third-order valence-corrected chi connectivity index (χ3v) is 4.72. The molecule has 1 N–H and O–H groups in total. The van der Waals surface area contributed by atoms with Crippen molar-refractivity contribution in [2.24, 2.45) is 0 Å². The van der Waals surface area contributed by atoms with E-state index in [1.807, 2.05) is 18.2 Å². The lowest BCUT2D eigenvalue weighted by atomic mass is 10.2. The van der Waals surface area contributed by atoms with Crippen LogP contribution in [0.5, 0.6) is 0 Å².